The van der Waals surface area contributed by atoms with Crippen molar-refractivity contribution in [3.63, 3.8) is 0 Å². The first-order valence-electron chi connectivity index (χ1n) is 4.36. The Morgan fingerprint density at radius 3 is 2.77 bits per heavy atom. The molecular weight excluding hydrogens is 296 g/mol. The molecule has 2 N–H and O–H groups in total. The van der Waals surface area contributed by atoms with Gasteiger partial charge in [0.25, 0.3) is 0 Å². The van der Waals surface area contributed by atoms with Crippen LogP contribution in [0.3, 0.4) is 0 Å². The third-order valence-electron chi connectivity index (χ3n) is 1.97. The highest BCUT2D eigenvalue weighted by molar-refractivity contribution is 14.1. The third-order valence-corrected chi connectivity index (χ3v) is 3.24. The Morgan fingerprint density at radius 1 is 1.54 bits per heavy atom. The van der Waals surface area contributed by atoms with Crippen molar-refractivity contribution in [2.45, 2.75) is 25.8 Å². The number of hydrogen-bond acceptors (Lipinski definition) is 1. The molecule has 0 radical (unpaired) electrons. The van der Waals surface area contributed by atoms with Gasteiger partial charge in [0.15, 0.2) is 0 Å². The van der Waals surface area contributed by atoms with Crippen molar-refractivity contribution < 1.29 is 0 Å². The summed E-state index contributed by atoms with van der Waals surface area (Å²) in [5.74, 6) is 0. The molecule has 0 saturated carbocycles. The molecule has 72 valence electrons. The molecule has 1 nitrogen and oxygen atoms in total. The molecule has 0 aromatic heterocycles. The van der Waals surface area contributed by atoms with Gasteiger partial charge in [-0.1, -0.05) is 31.0 Å². The lowest BCUT2D eigenvalue weighted by molar-refractivity contribution is 0.636. The highest BCUT2D eigenvalue weighted by atomic mass is 127. The van der Waals surface area contributed by atoms with Crippen LogP contribution >= 0.6 is 34.2 Å². The molecule has 0 heterocycles. The van der Waals surface area contributed by atoms with Crippen LogP contribution in [0.15, 0.2) is 18.2 Å². The van der Waals surface area contributed by atoms with Crippen molar-refractivity contribution in [3.05, 3.63) is 32.4 Å². The van der Waals surface area contributed by atoms with E-state index >= 15 is 0 Å². The minimum Gasteiger partial charge on any atom is -0.324 e. The summed E-state index contributed by atoms with van der Waals surface area (Å²) in [5.41, 5.74) is 7.11. The van der Waals surface area contributed by atoms with Gasteiger partial charge in [0.05, 0.1) is 0 Å². The molecule has 1 unspecified atom stereocenters. The minimum absolute atomic E-state index is 0.0746. The second kappa shape index (κ2) is 5.17. The van der Waals surface area contributed by atoms with Crippen LogP contribution in [0.2, 0.25) is 5.02 Å². The zero-order valence-electron chi connectivity index (χ0n) is 7.56. The number of benzene rings is 1. The highest BCUT2D eigenvalue weighted by Gasteiger charge is 2.12. The smallest absolute Gasteiger partial charge is 0.0464 e. The SMILES string of the molecule is CCCC(N)c1c(Cl)cccc1I. The van der Waals surface area contributed by atoms with Crippen LogP contribution in [0.25, 0.3) is 0 Å². The summed E-state index contributed by atoms with van der Waals surface area (Å²) < 4.78 is 1.16. The molecular formula is C10H13ClIN. The minimum atomic E-state index is 0.0746. The Balaban J connectivity index is 2.98. The zero-order valence-corrected chi connectivity index (χ0v) is 10.5. The van der Waals surface area contributed by atoms with Gasteiger partial charge in [-0.25, -0.2) is 0 Å². The van der Waals surface area contributed by atoms with Gasteiger partial charge in [0, 0.05) is 20.2 Å². The van der Waals surface area contributed by atoms with Crippen LogP contribution in [0.5, 0.6) is 0 Å². The maximum absolute atomic E-state index is 6.08. The van der Waals surface area contributed by atoms with Crippen LogP contribution in [0.4, 0.5) is 0 Å². The molecule has 0 saturated heterocycles. The van der Waals surface area contributed by atoms with Crippen molar-refractivity contribution in [1.82, 2.24) is 0 Å². The molecule has 13 heavy (non-hydrogen) atoms. The van der Waals surface area contributed by atoms with E-state index in [0.29, 0.717) is 0 Å². The Hall–Kier alpha value is 0.200. The van der Waals surface area contributed by atoms with Crippen molar-refractivity contribution in [2.75, 3.05) is 0 Å². The van der Waals surface area contributed by atoms with Crippen molar-refractivity contribution in [3.8, 4) is 0 Å². The molecule has 1 atom stereocenters. The Labute approximate surface area is 97.8 Å². The molecule has 0 bridgehead atoms. The standard InChI is InChI=1S/C10H13ClIN/c1-2-4-9(13)10-7(11)5-3-6-8(10)12/h3,5-6,9H,2,4,13H2,1H3. The molecule has 1 aromatic rings. The first-order chi connectivity index (χ1) is 6.16. The topological polar surface area (TPSA) is 26.0 Å². The lowest BCUT2D eigenvalue weighted by Crippen LogP contribution is -2.11. The first-order valence-corrected chi connectivity index (χ1v) is 5.82. The maximum atomic E-state index is 6.08. The van der Waals surface area contributed by atoms with Crippen LogP contribution in [0, 0.1) is 3.57 Å². The Kier molecular flexibility index (Phi) is 4.49. The van der Waals surface area contributed by atoms with E-state index in [4.69, 9.17) is 17.3 Å². The number of halogens is 2. The lowest BCUT2D eigenvalue weighted by atomic mass is 10.0. The third kappa shape index (κ3) is 2.82. The summed E-state index contributed by atoms with van der Waals surface area (Å²) in [7, 11) is 0. The summed E-state index contributed by atoms with van der Waals surface area (Å²) in [6.45, 7) is 2.13. The van der Waals surface area contributed by atoms with Crippen molar-refractivity contribution >= 4 is 34.2 Å². The molecule has 1 aromatic carbocycles. The van der Waals surface area contributed by atoms with E-state index in [1.54, 1.807) is 0 Å². The fraction of sp³-hybridized carbons (Fsp3) is 0.400. The summed E-state index contributed by atoms with van der Waals surface area (Å²) in [6.07, 6.45) is 2.07. The second-order valence-corrected chi connectivity index (χ2v) is 4.60. The number of rotatable bonds is 3. The van der Waals surface area contributed by atoms with E-state index in [1.165, 1.54) is 0 Å². The quantitative estimate of drug-likeness (QED) is 0.846. The summed E-state index contributed by atoms with van der Waals surface area (Å²) in [5, 5.41) is 0.785. The van der Waals surface area contributed by atoms with E-state index in [2.05, 4.69) is 29.5 Å². The Bertz CT molecular complexity index is 268. The number of hydrogen-bond donors (Lipinski definition) is 1. The van der Waals surface area contributed by atoms with Crippen molar-refractivity contribution in [1.29, 1.82) is 0 Å². The average Bonchev–Trinajstić information content (AvgIpc) is 2.04. The molecule has 0 aliphatic rings. The summed E-state index contributed by atoms with van der Waals surface area (Å²) in [4.78, 5) is 0. The van der Waals surface area contributed by atoms with Crippen LogP contribution < -0.4 is 5.73 Å². The Morgan fingerprint density at radius 2 is 2.23 bits per heavy atom. The van der Waals surface area contributed by atoms with Gasteiger partial charge in [-0.05, 0) is 41.1 Å². The molecule has 1 rings (SSSR count). The van der Waals surface area contributed by atoms with Gasteiger partial charge in [0.2, 0.25) is 0 Å². The predicted octanol–water partition coefficient (Wildman–Crippen LogP) is 3.74. The van der Waals surface area contributed by atoms with Gasteiger partial charge >= 0.3 is 0 Å². The van der Waals surface area contributed by atoms with E-state index in [1.807, 2.05) is 18.2 Å². The van der Waals surface area contributed by atoms with Gasteiger partial charge in [0.1, 0.15) is 0 Å². The van der Waals surface area contributed by atoms with Gasteiger partial charge in [-0.3, -0.25) is 0 Å². The van der Waals surface area contributed by atoms with E-state index in [-0.39, 0.29) is 6.04 Å². The normalized spacial score (nSPS) is 12.9. The largest absolute Gasteiger partial charge is 0.324 e. The molecule has 3 heteroatoms. The maximum Gasteiger partial charge on any atom is 0.0464 e. The molecule has 0 fully saturated rings. The summed E-state index contributed by atoms with van der Waals surface area (Å²) >= 11 is 8.35. The van der Waals surface area contributed by atoms with E-state index < -0.39 is 0 Å². The molecule has 0 aliphatic heterocycles. The zero-order chi connectivity index (χ0) is 9.84. The van der Waals surface area contributed by atoms with E-state index in [0.717, 1.165) is 27.0 Å². The second-order valence-electron chi connectivity index (χ2n) is 3.03. The fourth-order valence-electron chi connectivity index (χ4n) is 1.32. The molecule has 0 spiro atoms. The molecule has 0 amide bonds. The predicted molar refractivity (Wildman–Crippen MR) is 66.0 cm³/mol. The monoisotopic (exact) mass is 309 g/mol. The highest BCUT2D eigenvalue weighted by Crippen LogP contribution is 2.28. The van der Waals surface area contributed by atoms with Crippen LogP contribution in [0.1, 0.15) is 31.4 Å². The lowest BCUT2D eigenvalue weighted by Gasteiger charge is -2.14. The van der Waals surface area contributed by atoms with Crippen molar-refractivity contribution in [2.24, 2.45) is 5.73 Å². The average molecular weight is 310 g/mol. The van der Waals surface area contributed by atoms with E-state index in [9.17, 15) is 0 Å². The van der Waals surface area contributed by atoms with Crippen LogP contribution in [-0.4, -0.2) is 0 Å². The fourth-order valence-corrected chi connectivity index (χ4v) is 2.69. The van der Waals surface area contributed by atoms with Gasteiger partial charge < -0.3 is 5.73 Å². The molecule has 0 aliphatic carbocycles. The first kappa shape index (κ1) is 11.3. The van der Waals surface area contributed by atoms with Crippen LogP contribution in [-0.2, 0) is 0 Å². The summed E-state index contributed by atoms with van der Waals surface area (Å²) in [6, 6.07) is 5.96. The van der Waals surface area contributed by atoms with Gasteiger partial charge in [-0.2, -0.15) is 0 Å². The number of nitrogens with two attached hydrogens (primary N) is 1. The van der Waals surface area contributed by atoms with Gasteiger partial charge in [-0.15, -0.1) is 0 Å².